The number of carbonyl (C=O) groups is 4. The van der Waals surface area contributed by atoms with Crippen LogP contribution in [0.15, 0.2) is 24.3 Å². The van der Waals surface area contributed by atoms with Gasteiger partial charge in [-0.15, -0.1) is 0 Å². The zero-order valence-corrected chi connectivity index (χ0v) is 17.8. The molecule has 0 unspecified atom stereocenters. The first-order valence-electron chi connectivity index (χ1n) is 10.0. The molecule has 3 rings (SSSR count). The van der Waals surface area contributed by atoms with E-state index in [1.807, 2.05) is 0 Å². The van der Waals surface area contributed by atoms with Gasteiger partial charge in [0.15, 0.2) is 6.61 Å². The molecule has 1 aromatic rings. The van der Waals surface area contributed by atoms with Gasteiger partial charge in [0, 0.05) is 5.02 Å². The zero-order chi connectivity index (χ0) is 21.9. The first-order chi connectivity index (χ1) is 14.2. The van der Waals surface area contributed by atoms with Gasteiger partial charge in [0.2, 0.25) is 0 Å². The number of amides is 4. The molecule has 1 atom stereocenters. The maximum absolute atomic E-state index is 12.7. The Hall–Kier alpha value is -2.61. The van der Waals surface area contributed by atoms with E-state index in [0.29, 0.717) is 23.8 Å². The molecule has 9 heteroatoms. The molecule has 1 aliphatic carbocycles. The number of esters is 1. The van der Waals surface area contributed by atoms with E-state index in [-0.39, 0.29) is 6.04 Å². The Morgan fingerprint density at radius 2 is 1.90 bits per heavy atom. The number of nitrogens with one attached hydrogen (secondary N) is 2. The molecule has 1 heterocycles. The molecule has 30 heavy (non-hydrogen) atoms. The molecular weight excluding hydrogens is 410 g/mol. The molecule has 1 saturated heterocycles. The van der Waals surface area contributed by atoms with Crippen LogP contribution in [-0.2, 0) is 19.1 Å². The van der Waals surface area contributed by atoms with Gasteiger partial charge >= 0.3 is 12.0 Å². The summed E-state index contributed by atoms with van der Waals surface area (Å²) in [5, 5.41) is 6.06. The minimum Gasteiger partial charge on any atom is -0.454 e. The summed E-state index contributed by atoms with van der Waals surface area (Å²) in [4.78, 5) is 50.0. The maximum atomic E-state index is 12.7. The van der Waals surface area contributed by atoms with Gasteiger partial charge in [-0.3, -0.25) is 19.3 Å². The van der Waals surface area contributed by atoms with Crippen molar-refractivity contribution in [1.82, 2.24) is 15.5 Å². The average molecular weight is 436 g/mol. The summed E-state index contributed by atoms with van der Waals surface area (Å²) in [7, 11) is 0. The summed E-state index contributed by atoms with van der Waals surface area (Å²) in [6.45, 7) is 2.90. The normalized spacial score (nSPS) is 24.5. The summed E-state index contributed by atoms with van der Waals surface area (Å²) in [5.74, 6) is -1.18. The van der Waals surface area contributed by atoms with Crippen LogP contribution < -0.4 is 10.6 Å². The quantitative estimate of drug-likeness (QED) is 0.527. The Labute approximate surface area is 180 Å². The van der Waals surface area contributed by atoms with E-state index < -0.39 is 42.5 Å². The summed E-state index contributed by atoms with van der Waals surface area (Å²) < 4.78 is 4.97. The van der Waals surface area contributed by atoms with Gasteiger partial charge in [-0.2, -0.15) is 0 Å². The Morgan fingerprint density at radius 1 is 1.27 bits per heavy atom. The van der Waals surface area contributed by atoms with E-state index in [4.69, 9.17) is 16.3 Å². The fourth-order valence-corrected chi connectivity index (χ4v) is 3.98. The van der Waals surface area contributed by atoms with Gasteiger partial charge in [-0.25, -0.2) is 4.79 Å². The van der Waals surface area contributed by atoms with E-state index in [2.05, 4.69) is 17.6 Å². The van der Waals surface area contributed by atoms with Crippen LogP contribution in [0.1, 0.15) is 51.1 Å². The predicted octanol–water partition coefficient (Wildman–Crippen LogP) is 2.56. The molecule has 2 fully saturated rings. The van der Waals surface area contributed by atoms with Crippen LogP contribution in [-0.4, -0.2) is 47.4 Å². The molecule has 1 aliphatic heterocycles. The van der Waals surface area contributed by atoms with Crippen LogP contribution in [0.3, 0.4) is 0 Å². The van der Waals surface area contributed by atoms with Gasteiger partial charge < -0.3 is 15.4 Å². The highest BCUT2D eigenvalue weighted by molar-refractivity contribution is 6.30. The largest absolute Gasteiger partial charge is 0.454 e. The van der Waals surface area contributed by atoms with Gasteiger partial charge in [-0.1, -0.05) is 30.7 Å². The first kappa shape index (κ1) is 22.1. The molecule has 1 saturated carbocycles. The molecule has 1 spiro atoms. The van der Waals surface area contributed by atoms with Crippen LogP contribution in [0.2, 0.25) is 5.02 Å². The van der Waals surface area contributed by atoms with E-state index in [1.54, 1.807) is 31.2 Å². The summed E-state index contributed by atoms with van der Waals surface area (Å²) in [5.41, 5.74) is -0.0552. The predicted molar refractivity (Wildman–Crippen MR) is 110 cm³/mol. The number of urea groups is 1. The zero-order valence-electron chi connectivity index (χ0n) is 17.1. The maximum Gasteiger partial charge on any atom is 0.326 e. The number of ether oxygens (including phenoxy) is 1. The topological polar surface area (TPSA) is 105 Å². The van der Waals surface area contributed by atoms with Crippen molar-refractivity contribution in [3.8, 4) is 0 Å². The molecule has 1 aromatic carbocycles. The Balaban J connectivity index is 1.47. The molecule has 162 valence electrons. The van der Waals surface area contributed by atoms with E-state index >= 15 is 0 Å². The van der Waals surface area contributed by atoms with Gasteiger partial charge in [0.25, 0.3) is 11.8 Å². The standard InChI is InChI=1S/C21H26ClN3O5/c1-13-7-9-21(10-8-13)19(28)25(20(29)24-21)11-18(27)30-12-17(26)23-14(2)15-3-5-16(22)6-4-15/h3-6,13-14H,7-12H2,1-2H3,(H,23,26)(H,24,29)/t13?,14-,21?/m1/s1. The SMILES string of the molecule is CC1CCC2(CC1)NC(=O)N(CC(=O)OCC(=O)N[C@H](C)c1ccc(Cl)cc1)C2=O. The summed E-state index contributed by atoms with van der Waals surface area (Å²) in [6, 6.07) is 6.13. The lowest BCUT2D eigenvalue weighted by molar-refractivity contribution is -0.151. The van der Waals surface area contributed by atoms with Crippen LogP contribution in [0.5, 0.6) is 0 Å². The highest BCUT2D eigenvalue weighted by Crippen LogP contribution is 2.36. The van der Waals surface area contributed by atoms with Crippen molar-refractivity contribution in [3.05, 3.63) is 34.9 Å². The third kappa shape index (κ3) is 4.92. The number of hydrogen-bond acceptors (Lipinski definition) is 5. The van der Waals surface area contributed by atoms with Crippen molar-refractivity contribution in [3.63, 3.8) is 0 Å². The number of nitrogens with zero attached hydrogens (tertiary/aromatic N) is 1. The second-order valence-corrected chi connectivity index (χ2v) is 8.52. The number of imide groups is 1. The van der Waals surface area contributed by atoms with Crippen molar-refractivity contribution in [2.45, 2.75) is 51.1 Å². The van der Waals surface area contributed by atoms with Crippen LogP contribution in [0, 0.1) is 5.92 Å². The highest BCUT2D eigenvalue weighted by atomic mass is 35.5. The smallest absolute Gasteiger partial charge is 0.326 e. The van der Waals surface area contributed by atoms with Gasteiger partial charge in [0.05, 0.1) is 6.04 Å². The third-order valence-electron chi connectivity index (χ3n) is 5.77. The second-order valence-electron chi connectivity index (χ2n) is 8.09. The van der Waals surface area contributed by atoms with Crippen LogP contribution in [0.25, 0.3) is 0 Å². The van der Waals surface area contributed by atoms with Crippen molar-refractivity contribution >= 4 is 35.4 Å². The van der Waals surface area contributed by atoms with Crippen molar-refractivity contribution in [2.75, 3.05) is 13.2 Å². The fraction of sp³-hybridized carbons (Fsp3) is 0.524. The molecule has 2 N–H and O–H groups in total. The van der Waals surface area contributed by atoms with Crippen LogP contribution in [0.4, 0.5) is 4.79 Å². The highest BCUT2D eigenvalue weighted by Gasteiger charge is 2.52. The minimum absolute atomic E-state index is 0.298. The van der Waals surface area contributed by atoms with Crippen molar-refractivity contribution < 1.29 is 23.9 Å². The number of benzene rings is 1. The fourth-order valence-electron chi connectivity index (χ4n) is 3.85. The molecule has 0 radical (unpaired) electrons. The van der Waals surface area contributed by atoms with Crippen molar-refractivity contribution in [2.24, 2.45) is 5.92 Å². The third-order valence-corrected chi connectivity index (χ3v) is 6.02. The average Bonchev–Trinajstić information content (AvgIpc) is 2.93. The van der Waals surface area contributed by atoms with E-state index in [1.165, 1.54) is 0 Å². The first-order valence-corrected chi connectivity index (χ1v) is 10.4. The molecular formula is C21H26ClN3O5. The van der Waals surface area contributed by atoms with E-state index in [0.717, 1.165) is 23.3 Å². The molecule has 4 amide bonds. The summed E-state index contributed by atoms with van der Waals surface area (Å²) in [6.07, 6.45) is 2.82. The lowest BCUT2D eigenvalue weighted by Crippen LogP contribution is -2.49. The van der Waals surface area contributed by atoms with Gasteiger partial charge in [-0.05, 0) is 56.2 Å². The number of rotatable bonds is 6. The number of carbonyl (C=O) groups excluding carboxylic acids is 4. The van der Waals surface area contributed by atoms with Gasteiger partial charge in [0.1, 0.15) is 12.1 Å². The lowest BCUT2D eigenvalue weighted by atomic mass is 9.77. The minimum atomic E-state index is -0.907. The molecule has 0 aromatic heterocycles. The Bertz CT molecular complexity index is 834. The summed E-state index contributed by atoms with van der Waals surface area (Å²) >= 11 is 5.85. The second kappa shape index (κ2) is 9.04. The Morgan fingerprint density at radius 3 is 2.53 bits per heavy atom. The van der Waals surface area contributed by atoms with Crippen LogP contribution >= 0.6 is 11.6 Å². The number of halogens is 1. The molecule has 2 aliphatic rings. The monoisotopic (exact) mass is 435 g/mol. The molecule has 0 bridgehead atoms. The van der Waals surface area contributed by atoms with E-state index in [9.17, 15) is 19.2 Å². The number of hydrogen-bond donors (Lipinski definition) is 2. The van der Waals surface area contributed by atoms with Crippen molar-refractivity contribution in [1.29, 1.82) is 0 Å². The lowest BCUT2D eigenvalue weighted by Gasteiger charge is -2.33. The molecule has 8 nitrogen and oxygen atoms in total. The Kier molecular flexibility index (Phi) is 6.65.